The van der Waals surface area contributed by atoms with Crippen molar-refractivity contribution in [2.24, 2.45) is 0 Å². The lowest BCUT2D eigenvalue weighted by Gasteiger charge is -2.01. The second kappa shape index (κ2) is 4.36. The number of carbonyl (C=O) groups is 1. The van der Waals surface area contributed by atoms with Crippen LogP contribution in [0.3, 0.4) is 0 Å². The van der Waals surface area contributed by atoms with Gasteiger partial charge in [0.1, 0.15) is 5.69 Å². The minimum absolute atomic E-state index is 0.454. The van der Waals surface area contributed by atoms with Gasteiger partial charge in [0, 0.05) is 10.0 Å². The monoisotopic (exact) mass is 261 g/mol. The molecule has 0 saturated carbocycles. The van der Waals surface area contributed by atoms with Crippen LogP contribution in [0.15, 0.2) is 46.9 Å². The highest BCUT2D eigenvalue weighted by Crippen LogP contribution is 2.19. The summed E-state index contributed by atoms with van der Waals surface area (Å²) >= 11 is 3.37. The van der Waals surface area contributed by atoms with E-state index < -0.39 is 0 Å². The SMILES string of the molecule is O=Cc1cccc(-c2ccc(Br)cc2)n1. The molecule has 0 bridgehead atoms. The van der Waals surface area contributed by atoms with Gasteiger partial charge in [0.25, 0.3) is 0 Å². The number of halogens is 1. The highest BCUT2D eigenvalue weighted by molar-refractivity contribution is 9.10. The van der Waals surface area contributed by atoms with E-state index in [9.17, 15) is 4.79 Å². The van der Waals surface area contributed by atoms with Crippen molar-refractivity contribution in [1.82, 2.24) is 4.98 Å². The average Bonchev–Trinajstić information content (AvgIpc) is 2.30. The van der Waals surface area contributed by atoms with Crippen LogP contribution in [0, 0.1) is 0 Å². The van der Waals surface area contributed by atoms with Crippen molar-refractivity contribution in [2.45, 2.75) is 0 Å². The van der Waals surface area contributed by atoms with Gasteiger partial charge in [-0.25, -0.2) is 4.98 Å². The van der Waals surface area contributed by atoms with Gasteiger partial charge in [-0.05, 0) is 24.3 Å². The van der Waals surface area contributed by atoms with Crippen molar-refractivity contribution in [2.75, 3.05) is 0 Å². The molecule has 0 unspecified atom stereocenters. The normalized spacial score (nSPS) is 9.93. The second-order valence-corrected chi connectivity index (χ2v) is 3.99. The summed E-state index contributed by atoms with van der Waals surface area (Å²) in [4.78, 5) is 14.8. The molecule has 0 amide bonds. The van der Waals surface area contributed by atoms with Crippen LogP contribution in [0.5, 0.6) is 0 Å². The topological polar surface area (TPSA) is 30.0 Å². The Morgan fingerprint density at radius 3 is 2.47 bits per heavy atom. The maximum atomic E-state index is 10.6. The molecule has 0 N–H and O–H groups in total. The van der Waals surface area contributed by atoms with Crippen molar-refractivity contribution < 1.29 is 4.79 Å². The molecule has 0 aliphatic carbocycles. The molecule has 1 aromatic carbocycles. The van der Waals surface area contributed by atoms with E-state index >= 15 is 0 Å². The lowest BCUT2D eigenvalue weighted by Crippen LogP contribution is -1.89. The predicted molar refractivity (Wildman–Crippen MR) is 62.8 cm³/mol. The number of pyridine rings is 1. The summed E-state index contributed by atoms with van der Waals surface area (Å²) < 4.78 is 1.03. The molecule has 3 heteroatoms. The lowest BCUT2D eigenvalue weighted by atomic mass is 10.1. The van der Waals surface area contributed by atoms with E-state index in [1.165, 1.54) is 0 Å². The average molecular weight is 262 g/mol. The molecule has 0 saturated heterocycles. The molecule has 0 atom stereocenters. The summed E-state index contributed by atoms with van der Waals surface area (Å²) in [5.74, 6) is 0. The Hall–Kier alpha value is -1.48. The van der Waals surface area contributed by atoms with Gasteiger partial charge in [-0.1, -0.05) is 34.1 Å². The number of hydrogen-bond donors (Lipinski definition) is 0. The minimum atomic E-state index is 0.454. The Kier molecular flexibility index (Phi) is 2.92. The van der Waals surface area contributed by atoms with Gasteiger partial charge in [0.2, 0.25) is 0 Å². The lowest BCUT2D eigenvalue weighted by molar-refractivity contribution is 0.111. The Morgan fingerprint density at radius 2 is 1.80 bits per heavy atom. The first-order valence-corrected chi connectivity index (χ1v) is 5.27. The zero-order valence-electron chi connectivity index (χ0n) is 7.85. The first-order chi connectivity index (χ1) is 7.29. The molecule has 0 radical (unpaired) electrons. The quantitative estimate of drug-likeness (QED) is 0.777. The molecule has 0 aliphatic rings. The molecule has 2 rings (SSSR count). The van der Waals surface area contributed by atoms with Crippen molar-refractivity contribution in [3.8, 4) is 11.3 Å². The van der Waals surface area contributed by atoms with E-state index in [0.717, 1.165) is 22.0 Å². The fourth-order valence-electron chi connectivity index (χ4n) is 1.30. The molecule has 2 aromatic rings. The van der Waals surface area contributed by atoms with E-state index in [1.54, 1.807) is 6.07 Å². The molecule has 74 valence electrons. The molecule has 0 fully saturated rings. The summed E-state index contributed by atoms with van der Waals surface area (Å²) in [7, 11) is 0. The zero-order valence-corrected chi connectivity index (χ0v) is 9.44. The van der Waals surface area contributed by atoms with Gasteiger partial charge in [-0.3, -0.25) is 4.79 Å². The highest BCUT2D eigenvalue weighted by Gasteiger charge is 1.99. The third-order valence-corrected chi connectivity index (χ3v) is 2.56. The van der Waals surface area contributed by atoms with Crippen LogP contribution in [0.25, 0.3) is 11.3 Å². The van der Waals surface area contributed by atoms with Crippen molar-refractivity contribution in [3.05, 3.63) is 52.6 Å². The fraction of sp³-hybridized carbons (Fsp3) is 0. The summed E-state index contributed by atoms with van der Waals surface area (Å²) in [5.41, 5.74) is 2.27. The van der Waals surface area contributed by atoms with Crippen LogP contribution < -0.4 is 0 Å². The predicted octanol–water partition coefficient (Wildman–Crippen LogP) is 3.32. The summed E-state index contributed by atoms with van der Waals surface area (Å²) in [5, 5.41) is 0. The van der Waals surface area contributed by atoms with E-state index in [2.05, 4.69) is 20.9 Å². The first kappa shape index (κ1) is 10.1. The maximum Gasteiger partial charge on any atom is 0.168 e. The molecule has 2 nitrogen and oxygen atoms in total. The summed E-state index contributed by atoms with van der Waals surface area (Å²) in [6.07, 6.45) is 0.752. The van der Waals surface area contributed by atoms with Gasteiger partial charge in [-0.2, -0.15) is 0 Å². The molecule has 1 heterocycles. The largest absolute Gasteiger partial charge is 0.296 e. The number of aromatic nitrogens is 1. The van der Waals surface area contributed by atoms with Gasteiger partial charge < -0.3 is 0 Å². The Bertz CT molecular complexity index is 479. The van der Waals surface area contributed by atoms with Crippen molar-refractivity contribution >= 4 is 22.2 Å². The highest BCUT2D eigenvalue weighted by atomic mass is 79.9. The van der Waals surface area contributed by atoms with E-state index in [4.69, 9.17) is 0 Å². The van der Waals surface area contributed by atoms with Crippen LogP contribution >= 0.6 is 15.9 Å². The second-order valence-electron chi connectivity index (χ2n) is 3.07. The Morgan fingerprint density at radius 1 is 1.07 bits per heavy atom. The van der Waals surface area contributed by atoms with Gasteiger partial charge in [0.15, 0.2) is 6.29 Å². The van der Waals surface area contributed by atoms with E-state index in [0.29, 0.717) is 5.69 Å². The number of carbonyl (C=O) groups excluding carboxylic acids is 1. The number of nitrogens with zero attached hydrogens (tertiary/aromatic N) is 1. The van der Waals surface area contributed by atoms with Crippen LogP contribution in [-0.2, 0) is 0 Å². The number of hydrogen-bond acceptors (Lipinski definition) is 2. The molecule has 0 aliphatic heterocycles. The van der Waals surface area contributed by atoms with Gasteiger partial charge in [0.05, 0.1) is 5.69 Å². The van der Waals surface area contributed by atoms with Gasteiger partial charge >= 0.3 is 0 Å². The number of aldehydes is 1. The smallest absolute Gasteiger partial charge is 0.168 e. The summed E-state index contributed by atoms with van der Waals surface area (Å²) in [6.45, 7) is 0. The summed E-state index contributed by atoms with van der Waals surface area (Å²) in [6, 6.07) is 13.2. The van der Waals surface area contributed by atoms with Crippen LogP contribution in [0.4, 0.5) is 0 Å². The van der Waals surface area contributed by atoms with Crippen LogP contribution in [0.1, 0.15) is 10.5 Å². The van der Waals surface area contributed by atoms with Crippen LogP contribution in [-0.4, -0.2) is 11.3 Å². The van der Waals surface area contributed by atoms with Crippen LogP contribution in [0.2, 0.25) is 0 Å². The first-order valence-electron chi connectivity index (χ1n) is 4.48. The Balaban J connectivity index is 2.44. The number of rotatable bonds is 2. The maximum absolute atomic E-state index is 10.6. The standard InChI is InChI=1S/C12H8BrNO/c13-10-6-4-9(5-7-10)12-3-1-2-11(8-15)14-12/h1-8H. The zero-order chi connectivity index (χ0) is 10.7. The van der Waals surface area contributed by atoms with Gasteiger partial charge in [-0.15, -0.1) is 0 Å². The molecule has 15 heavy (non-hydrogen) atoms. The van der Waals surface area contributed by atoms with E-state index in [-0.39, 0.29) is 0 Å². The third-order valence-electron chi connectivity index (χ3n) is 2.03. The van der Waals surface area contributed by atoms with E-state index in [1.807, 2.05) is 36.4 Å². The third kappa shape index (κ3) is 2.30. The molecular formula is C12H8BrNO. The number of benzene rings is 1. The van der Waals surface area contributed by atoms with Crippen molar-refractivity contribution in [1.29, 1.82) is 0 Å². The molecular weight excluding hydrogens is 254 g/mol. The van der Waals surface area contributed by atoms with Crippen molar-refractivity contribution in [3.63, 3.8) is 0 Å². The molecule has 0 spiro atoms. The fourth-order valence-corrected chi connectivity index (χ4v) is 1.56. The minimum Gasteiger partial charge on any atom is -0.296 e. The molecule has 1 aromatic heterocycles. The Labute approximate surface area is 96.1 Å².